The van der Waals surface area contributed by atoms with Crippen molar-refractivity contribution in [3.8, 4) is 0 Å². The third kappa shape index (κ3) is 14.5. The van der Waals surface area contributed by atoms with E-state index in [1.54, 1.807) is 0 Å². The second kappa shape index (κ2) is 10.6. The van der Waals surface area contributed by atoms with Crippen molar-refractivity contribution >= 4 is 19.9 Å². The molecular formula is C13H29ClOSi. The van der Waals surface area contributed by atoms with Crippen LogP contribution in [-0.4, -0.2) is 19.0 Å². The number of hydrogen-bond acceptors (Lipinski definition) is 1. The Hall–Kier alpha value is 0.467. The summed E-state index contributed by atoms with van der Waals surface area (Å²) in [4.78, 5) is 9.67. The van der Waals surface area contributed by atoms with Gasteiger partial charge in [0, 0.05) is 5.88 Å². The van der Waals surface area contributed by atoms with E-state index in [9.17, 15) is 4.80 Å². The molecule has 0 fully saturated rings. The van der Waals surface area contributed by atoms with Gasteiger partial charge in [-0.1, -0.05) is 51.4 Å². The van der Waals surface area contributed by atoms with E-state index < -0.39 is 8.32 Å². The largest absolute Gasteiger partial charge is 0.432 e. The maximum Gasteiger partial charge on any atom is 0.182 e. The number of halogens is 1. The van der Waals surface area contributed by atoms with Crippen molar-refractivity contribution in [2.24, 2.45) is 0 Å². The molecule has 0 amide bonds. The quantitative estimate of drug-likeness (QED) is 0.319. The first-order chi connectivity index (χ1) is 7.56. The molecule has 0 aliphatic rings. The van der Waals surface area contributed by atoms with Gasteiger partial charge in [0.15, 0.2) is 8.32 Å². The van der Waals surface area contributed by atoms with Crippen molar-refractivity contribution in [2.45, 2.75) is 76.9 Å². The summed E-state index contributed by atoms with van der Waals surface area (Å²) in [5, 5.41) is 0. The molecule has 0 radical (unpaired) electrons. The summed E-state index contributed by atoms with van der Waals surface area (Å²) in [6.07, 6.45) is 11.8. The van der Waals surface area contributed by atoms with Gasteiger partial charge in [-0.3, -0.25) is 0 Å². The maximum absolute atomic E-state index is 9.67. The van der Waals surface area contributed by atoms with Gasteiger partial charge in [-0.2, -0.15) is 0 Å². The fourth-order valence-corrected chi connectivity index (χ4v) is 3.19. The van der Waals surface area contributed by atoms with E-state index in [2.05, 4.69) is 0 Å². The molecule has 98 valence electrons. The zero-order chi connectivity index (χ0) is 12.3. The Morgan fingerprint density at radius 2 is 1.12 bits per heavy atom. The minimum atomic E-state index is -1.76. The molecule has 1 nitrogen and oxygen atoms in total. The van der Waals surface area contributed by atoms with Gasteiger partial charge in [0.1, 0.15) is 0 Å². The maximum atomic E-state index is 9.67. The molecule has 0 bridgehead atoms. The van der Waals surface area contributed by atoms with Crippen LogP contribution in [0.1, 0.15) is 57.8 Å². The van der Waals surface area contributed by atoms with Gasteiger partial charge in [-0.05, 0) is 25.6 Å². The van der Waals surface area contributed by atoms with Crippen molar-refractivity contribution < 1.29 is 4.80 Å². The third-order valence-electron chi connectivity index (χ3n) is 2.92. The highest BCUT2D eigenvalue weighted by Crippen LogP contribution is 2.14. The van der Waals surface area contributed by atoms with E-state index in [0.29, 0.717) is 0 Å². The van der Waals surface area contributed by atoms with E-state index in [1.807, 2.05) is 13.1 Å². The minimum absolute atomic E-state index is 0.820. The second-order valence-corrected chi connectivity index (χ2v) is 9.94. The summed E-state index contributed by atoms with van der Waals surface area (Å²) in [7, 11) is -1.76. The lowest BCUT2D eigenvalue weighted by Crippen LogP contribution is -2.23. The van der Waals surface area contributed by atoms with Crippen LogP contribution in [0.25, 0.3) is 0 Å². The molecule has 0 aromatic heterocycles. The Bertz CT molecular complexity index is 145. The molecule has 1 N–H and O–H groups in total. The van der Waals surface area contributed by atoms with Crippen molar-refractivity contribution in [3.63, 3.8) is 0 Å². The van der Waals surface area contributed by atoms with Gasteiger partial charge >= 0.3 is 0 Å². The van der Waals surface area contributed by atoms with Gasteiger partial charge in [-0.15, -0.1) is 11.6 Å². The van der Waals surface area contributed by atoms with Crippen LogP contribution >= 0.6 is 11.6 Å². The van der Waals surface area contributed by atoms with Crippen molar-refractivity contribution in [1.29, 1.82) is 0 Å². The Labute approximate surface area is 108 Å². The molecule has 0 aromatic carbocycles. The summed E-state index contributed by atoms with van der Waals surface area (Å²) in [5.41, 5.74) is 0. The highest BCUT2D eigenvalue weighted by Gasteiger charge is 2.14. The van der Waals surface area contributed by atoms with Gasteiger partial charge in [0.2, 0.25) is 0 Å². The van der Waals surface area contributed by atoms with Gasteiger partial charge in [0.05, 0.1) is 0 Å². The lowest BCUT2D eigenvalue weighted by Gasteiger charge is -2.12. The highest BCUT2D eigenvalue weighted by atomic mass is 35.5. The summed E-state index contributed by atoms with van der Waals surface area (Å²) >= 11 is 5.62. The molecule has 0 atom stereocenters. The van der Waals surface area contributed by atoms with Crippen LogP contribution in [0.15, 0.2) is 0 Å². The Kier molecular flexibility index (Phi) is 10.9. The normalized spacial score (nSPS) is 12.0. The van der Waals surface area contributed by atoms with Crippen LogP contribution in [0.5, 0.6) is 0 Å². The molecule has 0 unspecified atom stereocenters. The summed E-state index contributed by atoms with van der Waals surface area (Å²) in [5.74, 6) is 0.820. The predicted molar refractivity (Wildman–Crippen MR) is 76.8 cm³/mol. The summed E-state index contributed by atoms with van der Waals surface area (Å²) in [6, 6.07) is 1.07. The van der Waals surface area contributed by atoms with Crippen LogP contribution in [-0.2, 0) is 0 Å². The molecule has 0 spiro atoms. The summed E-state index contributed by atoms with van der Waals surface area (Å²) < 4.78 is 0. The van der Waals surface area contributed by atoms with Crippen LogP contribution in [0.4, 0.5) is 0 Å². The first-order valence-corrected chi connectivity index (χ1v) is 10.5. The summed E-state index contributed by atoms with van der Waals surface area (Å²) in [6.45, 7) is 4.06. The van der Waals surface area contributed by atoms with Crippen LogP contribution < -0.4 is 0 Å². The molecule has 0 saturated carbocycles. The molecule has 3 heteroatoms. The highest BCUT2D eigenvalue weighted by molar-refractivity contribution is 6.69. The number of rotatable bonds is 11. The standard InChI is InChI=1S/C13H29ClOSi/c1-16(2,15)13-11-9-7-5-3-4-6-8-10-12-14/h15H,3-13H2,1-2H3. The van der Waals surface area contributed by atoms with Gasteiger partial charge in [0.25, 0.3) is 0 Å². The Balaban J connectivity index is 2.99. The second-order valence-electron chi connectivity index (χ2n) is 5.43. The third-order valence-corrected chi connectivity index (χ3v) is 4.77. The van der Waals surface area contributed by atoms with E-state index >= 15 is 0 Å². The molecule has 0 aliphatic carbocycles. The lowest BCUT2D eigenvalue weighted by molar-refractivity contribution is 0.532. The van der Waals surface area contributed by atoms with Gasteiger partial charge in [-0.25, -0.2) is 0 Å². The molecule has 0 saturated heterocycles. The Morgan fingerprint density at radius 3 is 1.50 bits per heavy atom. The monoisotopic (exact) mass is 264 g/mol. The van der Waals surface area contributed by atoms with E-state index in [4.69, 9.17) is 11.6 Å². The molecule has 0 heterocycles. The predicted octanol–water partition coefficient (Wildman–Crippen LogP) is 4.93. The molecule has 0 rings (SSSR count). The average Bonchev–Trinajstić information content (AvgIpc) is 2.19. The fraction of sp³-hybridized carbons (Fsp3) is 1.00. The van der Waals surface area contributed by atoms with E-state index in [0.717, 1.165) is 11.9 Å². The topological polar surface area (TPSA) is 20.2 Å². The first-order valence-electron chi connectivity index (χ1n) is 6.84. The fourth-order valence-electron chi connectivity index (χ4n) is 1.89. The smallest absolute Gasteiger partial charge is 0.182 e. The van der Waals surface area contributed by atoms with Crippen molar-refractivity contribution in [2.75, 3.05) is 5.88 Å². The minimum Gasteiger partial charge on any atom is -0.432 e. The SMILES string of the molecule is C[Si](C)(O)CCCCCCCCCCCCl. The van der Waals surface area contributed by atoms with E-state index in [-0.39, 0.29) is 0 Å². The average molecular weight is 265 g/mol. The van der Waals surface area contributed by atoms with E-state index in [1.165, 1.54) is 57.8 Å². The van der Waals surface area contributed by atoms with Crippen LogP contribution in [0, 0.1) is 0 Å². The van der Waals surface area contributed by atoms with Crippen LogP contribution in [0.3, 0.4) is 0 Å². The number of alkyl halides is 1. The first kappa shape index (κ1) is 16.5. The van der Waals surface area contributed by atoms with Crippen molar-refractivity contribution in [1.82, 2.24) is 0 Å². The number of unbranched alkanes of at least 4 members (excludes halogenated alkanes) is 8. The molecule has 0 aromatic rings. The zero-order valence-electron chi connectivity index (χ0n) is 11.1. The van der Waals surface area contributed by atoms with Gasteiger partial charge < -0.3 is 4.80 Å². The molecular weight excluding hydrogens is 236 g/mol. The van der Waals surface area contributed by atoms with Crippen LogP contribution in [0.2, 0.25) is 19.1 Å². The van der Waals surface area contributed by atoms with Crippen molar-refractivity contribution in [3.05, 3.63) is 0 Å². The molecule has 0 aliphatic heterocycles. The Morgan fingerprint density at radius 1 is 0.750 bits per heavy atom. The molecule has 16 heavy (non-hydrogen) atoms. The number of hydrogen-bond donors (Lipinski definition) is 1. The lowest BCUT2D eigenvalue weighted by atomic mass is 10.1. The zero-order valence-corrected chi connectivity index (χ0v) is 12.9.